The summed E-state index contributed by atoms with van der Waals surface area (Å²) in [5.74, 6) is -0.305. The number of nitrogens with zero attached hydrogens (tertiary/aromatic N) is 2. The lowest BCUT2D eigenvalue weighted by atomic mass is 10.2. The van der Waals surface area contributed by atoms with E-state index >= 15 is 0 Å². The smallest absolute Gasteiger partial charge is 0.317 e. The van der Waals surface area contributed by atoms with Crippen LogP contribution in [0.15, 0.2) is 36.7 Å². The van der Waals surface area contributed by atoms with E-state index in [9.17, 15) is 9.18 Å². The quantitative estimate of drug-likeness (QED) is 0.692. The molecule has 0 saturated heterocycles. The number of urea groups is 1. The van der Waals surface area contributed by atoms with Crippen LogP contribution in [0, 0.1) is 5.82 Å². The molecule has 1 aromatic carbocycles. The van der Waals surface area contributed by atoms with Crippen LogP contribution in [0.1, 0.15) is 17.5 Å². The first-order valence-electron chi connectivity index (χ1n) is 7.55. The number of benzene rings is 1. The lowest BCUT2D eigenvalue weighted by Gasteiger charge is -2.23. The number of hydrogen-bond donors (Lipinski definition) is 3. The first kappa shape index (κ1) is 17.0. The van der Waals surface area contributed by atoms with Crippen LogP contribution < -0.4 is 5.32 Å². The van der Waals surface area contributed by atoms with Gasteiger partial charge >= 0.3 is 6.03 Å². The van der Waals surface area contributed by atoms with Crippen molar-refractivity contribution in [1.82, 2.24) is 20.4 Å². The van der Waals surface area contributed by atoms with Gasteiger partial charge in [-0.25, -0.2) is 9.18 Å². The number of hydrogen-bond acceptors (Lipinski definition) is 3. The van der Waals surface area contributed by atoms with E-state index in [0.29, 0.717) is 32.5 Å². The van der Waals surface area contributed by atoms with Gasteiger partial charge in [0.1, 0.15) is 5.82 Å². The number of aromatic amines is 1. The lowest BCUT2D eigenvalue weighted by molar-refractivity contribution is 0.186. The number of aromatic nitrogens is 2. The number of amides is 2. The minimum atomic E-state index is -0.305. The summed E-state index contributed by atoms with van der Waals surface area (Å²) < 4.78 is 13.0. The van der Waals surface area contributed by atoms with Crippen LogP contribution >= 0.6 is 0 Å². The van der Waals surface area contributed by atoms with E-state index in [1.54, 1.807) is 29.4 Å². The summed E-state index contributed by atoms with van der Waals surface area (Å²) >= 11 is 0. The molecule has 1 heterocycles. The molecule has 2 amide bonds. The number of carbonyl (C=O) groups is 1. The third-order valence-electron chi connectivity index (χ3n) is 3.40. The summed E-state index contributed by atoms with van der Waals surface area (Å²) in [4.78, 5) is 13.9. The summed E-state index contributed by atoms with van der Waals surface area (Å²) in [5.41, 5.74) is 1.86. The second-order valence-corrected chi connectivity index (χ2v) is 5.21. The molecule has 2 rings (SSSR count). The SMILES string of the molecule is O=C(NCCc1cn[nH]c1)N(CCCO)Cc1ccc(F)cc1. The lowest BCUT2D eigenvalue weighted by Crippen LogP contribution is -2.41. The molecular weight excluding hydrogens is 299 g/mol. The van der Waals surface area contributed by atoms with E-state index in [2.05, 4.69) is 15.5 Å². The second-order valence-electron chi connectivity index (χ2n) is 5.21. The second kappa shape index (κ2) is 8.89. The highest BCUT2D eigenvalue weighted by Gasteiger charge is 2.13. The van der Waals surface area contributed by atoms with Crippen molar-refractivity contribution in [1.29, 1.82) is 0 Å². The average molecular weight is 320 g/mol. The Morgan fingerprint density at radius 3 is 2.74 bits per heavy atom. The van der Waals surface area contributed by atoms with Crippen LogP contribution in [0.3, 0.4) is 0 Å². The van der Waals surface area contributed by atoms with Crippen LogP contribution in [0.5, 0.6) is 0 Å². The topological polar surface area (TPSA) is 81.2 Å². The minimum Gasteiger partial charge on any atom is -0.396 e. The fraction of sp³-hybridized carbons (Fsp3) is 0.375. The van der Waals surface area contributed by atoms with Gasteiger partial charge in [-0.2, -0.15) is 5.10 Å². The Balaban J connectivity index is 1.87. The molecule has 0 unspecified atom stereocenters. The molecule has 7 heteroatoms. The molecule has 1 aromatic heterocycles. The van der Waals surface area contributed by atoms with Crippen molar-refractivity contribution in [2.45, 2.75) is 19.4 Å². The molecule has 0 fully saturated rings. The zero-order chi connectivity index (χ0) is 16.5. The fourth-order valence-corrected chi connectivity index (χ4v) is 2.16. The minimum absolute atomic E-state index is 0.0161. The monoisotopic (exact) mass is 320 g/mol. The van der Waals surface area contributed by atoms with Crippen molar-refractivity contribution in [3.8, 4) is 0 Å². The third-order valence-corrected chi connectivity index (χ3v) is 3.40. The summed E-state index contributed by atoms with van der Waals surface area (Å²) in [6.07, 6.45) is 4.69. The van der Waals surface area contributed by atoms with Crippen molar-refractivity contribution >= 4 is 6.03 Å². The number of carbonyl (C=O) groups excluding carboxylic acids is 1. The molecular formula is C16H21FN4O2. The van der Waals surface area contributed by atoms with E-state index in [0.717, 1.165) is 11.1 Å². The van der Waals surface area contributed by atoms with Gasteiger partial charge < -0.3 is 15.3 Å². The van der Waals surface area contributed by atoms with Gasteiger partial charge in [-0.15, -0.1) is 0 Å². The maximum atomic E-state index is 13.0. The van der Waals surface area contributed by atoms with Gasteiger partial charge in [0.05, 0.1) is 6.20 Å². The summed E-state index contributed by atoms with van der Waals surface area (Å²) in [6, 6.07) is 5.85. The van der Waals surface area contributed by atoms with Crippen LogP contribution in [0.2, 0.25) is 0 Å². The molecule has 6 nitrogen and oxygen atoms in total. The van der Waals surface area contributed by atoms with Gasteiger partial charge in [0, 0.05) is 32.4 Å². The van der Waals surface area contributed by atoms with Crippen molar-refractivity contribution in [3.63, 3.8) is 0 Å². The van der Waals surface area contributed by atoms with E-state index in [1.807, 2.05) is 0 Å². The summed E-state index contributed by atoms with van der Waals surface area (Å²) in [5, 5.41) is 18.4. The highest BCUT2D eigenvalue weighted by atomic mass is 19.1. The summed E-state index contributed by atoms with van der Waals surface area (Å²) in [6.45, 7) is 1.32. The number of halogens is 1. The first-order chi connectivity index (χ1) is 11.2. The Labute approximate surface area is 134 Å². The van der Waals surface area contributed by atoms with Crippen LogP contribution in [0.4, 0.5) is 9.18 Å². The van der Waals surface area contributed by atoms with E-state index in [4.69, 9.17) is 5.11 Å². The van der Waals surface area contributed by atoms with Crippen molar-refractivity contribution in [3.05, 3.63) is 53.6 Å². The predicted octanol–water partition coefficient (Wildman–Crippen LogP) is 1.69. The summed E-state index contributed by atoms with van der Waals surface area (Å²) in [7, 11) is 0. The molecule has 0 aliphatic carbocycles. The molecule has 0 radical (unpaired) electrons. The molecule has 0 atom stereocenters. The molecule has 0 aliphatic rings. The van der Waals surface area contributed by atoms with E-state index in [1.165, 1.54) is 12.1 Å². The maximum Gasteiger partial charge on any atom is 0.317 e. The van der Waals surface area contributed by atoms with Gasteiger partial charge in [-0.1, -0.05) is 12.1 Å². The van der Waals surface area contributed by atoms with Gasteiger partial charge in [0.2, 0.25) is 0 Å². The average Bonchev–Trinajstić information content (AvgIpc) is 3.06. The highest BCUT2D eigenvalue weighted by Crippen LogP contribution is 2.07. The first-order valence-corrected chi connectivity index (χ1v) is 7.55. The van der Waals surface area contributed by atoms with E-state index in [-0.39, 0.29) is 18.5 Å². The van der Waals surface area contributed by atoms with Crippen LogP contribution in [-0.2, 0) is 13.0 Å². The van der Waals surface area contributed by atoms with Gasteiger partial charge in [-0.05, 0) is 36.1 Å². The maximum absolute atomic E-state index is 13.0. The molecule has 124 valence electrons. The molecule has 23 heavy (non-hydrogen) atoms. The molecule has 3 N–H and O–H groups in total. The number of H-pyrrole nitrogens is 1. The van der Waals surface area contributed by atoms with Crippen molar-refractivity contribution in [2.24, 2.45) is 0 Å². The van der Waals surface area contributed by atoms with Crippen molar-refractivity contribution in [2.75, 3.05) is 19.7 Å². The zero-order valence-corrected chi connectivity index (χ0v) is 12.8. The Kier molecular flexibility index (Phi) is 6.56. The molecule has 0 spiro atoms. The largest absolute Gasteiger partial charge is 0.396 e. The van der Waals surface area contributed by atoms with Crippen molar-refractivity contribution < 1.29 is 14.3 Å². The zero-order valence-electron chi connectivity index (χ0n) is 12.8. The third kappa shape index (κ3) is 5.71. The normalized spacial score (nSPS) is 10.5. The van der Waals surface area contributed by atoms with E-state index < -0.39 is 0 Å². The predicted molar refractivity (Wildman–Crippen MR) is 84.2 cm³/mol. The molecule has 0 bridgehead atoms. The highest BCUT2D eigenvalue weighted by molar-refractivity contribution is 5.74. The standard InChI is InChI=1S/C16H21FN4O2/c17-15-4-2-13(3-5-15)12-21(8-1-9-22)16(23)18-7-6-14-10-19-20-11-14/h2-5,10-11,22H,1,6-9,12H2,(H,18,23)(H,19,20). The Hall–Kier alpha value is -2.41. The molecule has 0 aliphatic heterocycles. The Morgan fingerprint density at radius 1 is 1.30 bits per heavy atom. The molecule has 0 saturated carbocycles. The molecule has 2 aromatic rings. The van der Waals surface area contributed by atoms with Crippen LogP contribution in [0.25, 0.3) is 0 Å². The van der Waals surface area contributed by atoms with Crippen LogP contribution in [-0.4, -0.2) is 45.9 Å². The number of aliphatic hydroxyl groups excluding tert-OH is 1. The van der Waals surface area contributed by atoms with Gasteiger partial charge in [0.25, 0.3) is 0 Å². The Bertz CT molecular complexity index is 587. The number of aliphatic hydroxyl groups is 1. The van der Waals surface area contributed by atoms with Gasteiger partial charge in [0.15, 0.2) is 0 Å². The number of rotatable bonds is 8. The van der Waals surface area contributed by atoms with Gasteiger partial charge in [-0.3, -0.25) is 5.10 Å². The fourth-order valence-electron chi connectivity index (χ4n) is 2.16. The number of nitrogens with one attached hydrogen (secondary N) is 2. The Morgan fingerprint density at radius 2 is 2.09 bits per heavy atom.